The average molecular weight is 302 g/mol. The van der Waals surface area contributed by atoms with Gasteiger partial charge < -0.3 is 14.7 Å². The Balaban J connectivity index is 2.84. The first-order valence-corrected chi connectivity index (χ1v) is 7.29. The van der Waals surface area contributed by atoms with Gasteiger partial charge in [0.25, 0.3) is 0 Å². The molecule has 0 aliphatic rings. The molecule has 0 bridgehead atoms. The van der Waals surface area contributed by atoms with Crippen molar-refractivity contribution in [3.8, 4) is 0 Å². The van der Waals surface area contributed by atoms with Crippen LogP contribution in [0.4, 0.5) is 5.69 Å². The molecule has 0 heterocycles. The third kappa shape index (κ3) is 4.19. The molecule has 0 fully saturated rings. The third-order valence-electron chi connectivity index (χ3n) is 2.58. The lowest BCUT2D eigenvalue weighted by molar-refractivity contribution is -0.149. The molecule has 1 aromatic carbocycles. The minimum atomic E-state index is -3.80. The van der Waals surface area contributed by atoms with E-state index in [9.17, 15) is 18.3 Å². The van der Waals surface area contributed by atoms with Crippen LogP contribution in [0.1, 0.15) is 0 Å². The monoisotopic (exact) mass is 302 g/mol. The molecule has 0 saturated heterocycles. The number of carbonyl (C=O) groups is 1. The van der Waals surface area contributed by atoms with Crippen molar-refractivity contribution in [3.05, 3.63) is 24.3 Å². The van der Waals surface area contributed by atoms with E-state index in [1.54, 1.807) is 31.1 Å². The Morgan fingerprint density at radius 3 is 2.65 bits per heavy atom. The number of carbonyl (C=O) groups excluding carboxylic acids is 1. The maximum Gasteiger partial charge on any atom is 0.336 e. The van der Waals surface area contributed by atoms with E-state index < -0.39 is 28.6 Å². The fourth-order valence-electron chi connectivity index (χ4n) is 1.42. The summed E-state index contributed by atoms with van der Waals surface area (Å²) in [6.07, 6.45) is -1.54. The predicted molar refractivity (Wildman–Crippen MR) is 74.0 cm³/mol. The normalized spacial score (nSPS) is 12.8. The largest absolute Gasteiger partial charge is 0.467 e. The lowest BCUT2D eigenvalue weighted by Gasteiger charge is -2.14. The van der Waals surface area contributed by atoms with Crippen molar-refractivity contribution in [2.75, 3.05) is 32.6 Å². The van der Waals surface area contributed by atoms with Crippen LogP contribution in [-0.2, 0) is 19.6 Å². The number of methoxy groups -OCH3 is 1. The molecule has 0 aliphatic carbocycles. The SMILES string of the molecule is COC(=O)[C@@H](O)CNS(=O)(=O)c1cccc(N(C)C)c1. The highest BCUT2D eigenvalue weighted by molar-refractivity contribution is 7.89. The molecule has 0 aromatic heterocycles. The van der Waals surface area contributed by atoms with Gasteiger partial charge in [-0.1, -0.05) is 6.07 Å². The first kappa shape index (κ1) is 16.4. The first-order valence-electron chi connectivity index (χ1n) is 5.81. The second-order valence-corrected chi connectivity index (χ2v) is 6.05. The Hall–Kier alpha value is -1.64. The molecule has 1 rings (SSSR count). The summed E-state index contributed by atoms with van der Waals surface area (Å²) in [4.78, 5) is 12.8. The van der Waals surface area contributed by atoms with Crippen LogP contribution in [0.5, 0.6) is 0 Å². The molecule has 1 aromatic rings. The van der Waals surface area contributed by atoms with Gasteiger partial charge in [0.05, 0.1) is 12.0 Å². The van der Waals surface area contributed by atoms with Gasteiger partial charge in [-0.2, -0.15) is 0 Å². The highest BCUT2D eigenvalue weighted by Gasteiger charge is 2.20. The van der Waals surface area contributed by atoms with Crippen molar-refractivity contribution in [3.63, 3.8) is 0 Å². The fraction of sp³-hybridized carbons (Fsp3) is 0.417. The highest BCUT2D eigenvalue weighted by atomic mass is 32.2. The smallest absolute Gasteiger partial charge is 0.336 e. The number of sulfonamides is 1. The second kappa shape index (κ2) is 6.69. The Morgan fingerprint density at radius 1 is 1.45 bits per heavy atom. The van der Waals surface area contributed by atoms with Crippen molar-refractivity contribution in [2.24, 2.45) is 0 Å². The summed E-state index contributed by atoms with van der Waals surface area (Å²) in [5.41, 5.74) is 0.724. The Labute approximate surface area is 118 Å². The van der Waals surface area contributed by atoms with Crippen LogP contribution in [0.3, 0.4) is 0 Å². The number of nitrogens with zero attached hydrogens (tertiary/aromatic N) is 1. The van der Waals surface area contributed by atoms with Gasteiger partial charge in [-0.3, -0.25) is 0 Å². The Bertz CT molecular complexity index is 571. The van der Waals surface area contributed by atoms with Gasteiger partial charge >= 0.3 is 5.97 Å². The number of ether oxygens (including phenoxy) is 1. The summed E-state index contributed by atoms with van der Waals surface area (Å²) in [5.74, 6) is -0.894. The van der Waals surface area contributed by atoms with Gasteiger partial charge in [-0.15, -0.1) is 0 Å². The van der Waals surface area contributed by atoms with E-state index in [4.69, 9.17) is 0 Å². The molecule has 0 saturated carbocycles. The third-order valence-corrected chi connectivity index (χ3v) is 4.01. The number of nitrogens with one attached hydrogen (secondary N) is 1. The molecule has 0 unspecified atom stereocenters. The van der Waals surface area contributed by atoms with E-state index in [1.807, 2.05) is 0 Å². The van der Waals surface area contributed by atoms with E-state index in [2.05, 4.69) is 9.46 Å². The molecule has 0 amide bonds. The molecule has 1 atom stereocenters. The average Bonchev–Trinajstić information content (AvgIpc) is 2.44. The lowest BCUT2D eigenvalue weighted by atomic mass is 10.3. The topological polar surface area (TPSA) is 95.9 Å². The summed E-state index contributed by atoms with van der Waals surface area (Å²) in [7, 11) is 0.898. The summed E-state index contributed by atoms with van der Waals surface area (Å²) >= 11 is 0. The maximum absolute atomic E-state index is 12.0. The number of hydrogen-bond acceptors (Lipinski definition) is 6. The van der Waals surface area contributed by atoms with Crippen LogP contribution in [0.2, 0.25) is 0 Å². The number of anilines is 1. The van der Waals surface area contributed by atoms with Gasteiger partial charge in [-0.05, 0) is 18.2 Å². The molecule has 0 radical (unpaired) electrons. The molecule has 0 aliphatic heterocycles. The van der Waals surface area contributed by atoms with E-state index in [0.29, 0.717) is 0 Å². The summed E-state index contributed by atoms with van der Waals surface area (Å²) in [5, 5.41) is 9.36. The maximum atomic E-state index is 12.0. The summed E-state index contributed by atoms with van der Waals surface area (Å²) in [6, 6.07) is 6.30. The minimum Gasteiger partial charge on any atom is -0.467 e. The number of aliphatic hydroxyl groups is 1. The van der Waals surface area contributed by atoms with Crippen molar-refractivity contribution in [1.82, 2.24) is 4.72 Å². The van der Waals surface area contributed by atoms with Crippen molar-refractivity contribution in [1.29, 1.82) is 0 Å². The zero-order valence-corrected chi connectivity index (χ0v) is 12.3. The molecule has 8 heteroatoms. The highest BCUT2D eigenvalue weighted by Crippen LogP contribution is 2.17. The zero-order valence-electron chi connectivity index (χ0n) is 11.5. The van der Waals surface area contributed by atoms with Gasteiger partial charge in [-0.25, -0.2) is 17.9 Å². The number of hydrogen-bond donors (Lipinski definition) is 2. The van der Waals surface area contributed by atoms with Crippen LogP contribution in [0, 0.1) is 0 Å². The lowest BCUT2D eigenvalue weighted by Crippen LogP contribution is -2.37. The zero-order chi connectivity index (χ0) is 15.3. The number of benzene rings is 1. The molecule has 0 spiro atoms. The van der Waals surface area contributed by atoms with Crippen molar-refractivity contribution >= 4 is 21.7 Å². The van der Waals surface area contributed by atoms with Gasteiger partial charge in [0, 0.05) is 26.3 Å². The van der Waals surface area contributed by atoms with Crippen LogP contribution >= 0.6 is 0 Å². The molecular weight excluding hydrogens is 284 g/mol. The molecule has 7 nitrogen and oxygen atoms in total. The summed E-state index contributed by atoms with van der Waals surface area (Å²) < 4.78 is 30.5. The Morgan fingerprint density at radius 2 is 2.10 bits per heavy atom. The van der Waals surface area contributed by atoms with Gasteiger partial charge in [0.15, 0.2) is 6.10 Å². The molecule has 2 N–H and O–H groups in total. The van der Waals surface area contributed by atoms with Crippen molar-refractivity contribution < 1.29 is 23.1 Å². The summed E-state index contributed by atoms with van der Waals surface area (Å²) in [6.45, 7) is -0.443. The molecular formula is C12H18N2O5S. The van der Waals surface area contributed by atoms with Gasteiger partial charge in [0.1, 0.15) is 0 Å². The van der Waals surface area contributed by atoms with Crippen LogP contribution in [0.25, 0.3) is 0 Å². The van der Waals surface area contributed by atoms with Gasteiger partial charge in [0.2, 0.25) is 10.0 Å². The Kier molecular flexibility index (Phi) is 5.49. The standard InChI is InChI=1S/C12H18N2O5S/c1-14(2)9-5-4-6-10(7-9)20(17,18)13-8-11(15)12(16)19-3/h4-7,11,13,15H,8H2,1-3H3/t11-/m0/s1. The van der Waals surface area contributed by atoms with Crippen molar-refractivity contribution in [2.45, 2.75) is 11.0 Å². The fourth-order valence-corrected chi connectivity index (χ4v) is 2.50. The van der Waals surface area contributed by atoms with Crippen LogP contribution < -0.4 is 9.62 Å². The number of aliphatic hydroxyl groups excluding tert-OH is 1. The van der Waals surface area contributed by atoms with E-state index >= 15 is 0 Å². The number of esters is 1. The van der Waals surface area contributed by atoms with E-state index in [0.717, 1.165) is 12.8 Å². The number of rotatable bonds is 6. The quantitative estimate of drug-likeness (QED) is 0.692. The minimum absolute atomic E-state index is 0.0563. The second-order valence-electron chi connectivity index (χ2n) is 4.28. The predicted octanol–water partition coefficient (Wildman–Crippen LogP) is -0.435. The van der Waals surface area contributed by atoms with E-state index in [1.165, 1.54) is 12.1 Å². The molecule has 112 valence electrons. The van der Waals surface area contributed by atoms with E-state index in [-0.39, 0.29) is 4.90 Å². The van der Waals surface area contributed by atoms with Crippen LogP contribution in [0.15, 0.2) is 29.2 Å². The first-order chi connectivity index (χ1) is 9.27. The molecule has 20 heavy (non-hydrogen) atoms. The van der Waals surface area contributed by atoms with Crippen LogP contribution in [-0.4, -0.2) is 53.3 Å².